The number of carboxylic acid groups (broad SMARTS) is 1. The molecule has 1 unspecified atom stereocenters. The number of aryl methyl sites for hydroxylation is 1. The summed E-state index contributed by atoms with van der Waals surface area (Å²) in [5.41, 5.74) is 2.13. The van der Waals surface area contributed by atoms with Crippen molar-refractivity contribution in [2.45, 2.75) is 45.7 Å². The number of hydrogen-bond acceptors (Lipinski definition) is 2. The summed E-state index contributed by atoms with van der Waals surface area (Å²) in [6.45, 7) is 4.36. The highest BCUT2D eigenvalue weighted by molar-refractivity contribution is 5.82. The van der Waals surface area contributed by atoms with E-state index in [-0.39, 0.29) is 0 Å². The summed E-state index contributed by atoms with van der Waals surface area (Å²) in [5.74, 6) is -0.996. The Labute approximate surface area is 119 Å². The van der Waals surface area contributed by atoms with Crippen molar-refractivity contribution in [1.29, 1.82) is 0 Å². The van der Waals surface area contributed by atoms with E-state index in [1.54, 1.807) is 0 Å². The Morgan fingerprint density at radius 1 is 1.25 bits per heavy atom. The quantitative estimate of drug-likeness (QED) is 0.716. The summed E-state index contributed by atoms with van der Waals surface area (Å²) in [5, 5.41) is 14.2. The molecule has 0 fully saturated rings. The highest BCUT2D eigenvalue weighted by Crippen LogP contribution is 2.03. The van der Waals surface area contributed by atoms with E-state index in [0.29, 0.717) is 13.0 Å². The Hall–Kier alpha value is -2.04. The summed E-state index contributed by atoms with van der Waals surface area (Å²) >= 11 is 0. The van der Waals surface area contributed by atoms with Gasteiger partial charge in [0, 0.05) is 6.54 Å². The number of carbonyl (C=O) groups is 2. The molecule has 0 saturated heterocycles. The summed E-state index contributed by atoms with van der Waals surface area (Å²) in [4.78, 5) is 22.7. The number of carbonyl (C=O) groups excluding carboxylic acids is 1. The van der Waals surface area contributed by atoms with E-state index in [1.165, 1.54) is 0 Å². The highest BCUT2D eigenvalue weighted by Gasteiger charge is 2.18. The molecule has 0 heterocycles. The Morgan fingerprint density at radius 2 is 1.90 bits per heavy atom. The smallest absolute Gasteiger partial charge is 0.326 e. The number of urea groups is 1. The molecule has 110 valence electrons. The highest BCUT2D eigenvalue weighted by atomic mass is 16.4. The molecule has 0 aliphatic rings. The minimum absolute atomic E-state index is 0.381. The zero-order chi connectivity index (χ0) is 15.0. The molecule has 0 saturated carbocycles. The average molecular weight is 278 g/mol. The Morgan fingerprint density at radius 3 is 2.45 bits per heavy atom. The van der Waals surface area contributed by atoms with E-state index in [4.69, 9.17) is 5.11 Å². The van der Waals surface area contributed by atoms with Crippen LogP contribution in [0.15, 0.2) is 24.3 Å². The first-order chi connectivity index (χ1) is 9.52. The van der Waals surface area contributed by atoms with Crippen molar-refractivity contribution < 1.29 is 14.7 Å². The summed E-state index contributed by atoms with van der Waals surface area (Å²) in [7, 11) is 0. The van der Waals surface area contributed by atoms with Crippen LogP contribution in [0.3, 0.4) is 0 Å². The van der Waals surface area contributed by atoms with Crippen LogP contribution in [0.1, 0.15) is 37.3 Å². The minimum Gasteiger partial charge on any atom is -0.480 e. The van der Waals surface area contributed by atoms with Crippen LogP contribution in [0.25, 0.3) is 0 Å². The molecule has 1 rings (SSSR count). The number of hydrogen-bond donors (Lipinski definition) is 3. The van der Waals surface area contributed by atoms with E-state index >= 15 is 0 Å². The molecule has 0 radical (unpaired) electrons. The fraction of sp³-hybridized carbons (Fsp3) is 0.467. The third kappa shape index (κ3) is 5.73. The molecule has 0 bridgehead atoms. The van der Waals surface area contributed by atoms with E-state index in [1.807, 2.05) is 38.1 Å². The second-order valence-corrected chi connectivity index (χ2v) is 4.85. The molecule has 1 aromatic carbocycles. The van der Waals surface area contributed by atoms with Gasteiger partial charge in [-0.25, -0.2) is 9.59 Å². The van der Waals surface area contributed by atoms with E-state index in [9.17, 15) is 9.59 Å². The number of carboxylic acids is 1. The van der Waals surface area contributed by atoms with Crippen molar-refractivity contribution in [3.8, 4) is 0 Å². The molecule has 0 spiro atoms. The van der Waals surface area contributed by atoms with Crippen LogP contribution in [-0.2, 0) is 11.3 Å². The molecular weight excluding hydrogens is 256 g/mol. The first-order valence-corrected chi connectivity index (χ1v) is 6.85. The molecule has 20 heavy (non-hydrogen) atoms. The van der Waals surface area contributed by atoms with E-state index in [2.05, 4.69) is 10.6 Å². The van der Waals surface area contributed by atoms with Crippen molar-refractivity contribution in [3.05, 3.63) is 35.4 Å². The van der Waals surface area contributed by atoms with Crippen molar-refractivity contribution in [1.82, 2.24) is 10.6 Å². The lowest BCUT2D eigenvalue weighted by molar-refractivity contribution is -0.139. The van der Waals surface area contributed by atoms with Gasteiger partial charge in [-0.1, -0.05) is 49.6 Å². The fourth-order valence-corrected chi connectivity index (χ4v) is 1.76. The first-order valence-electron chi connectivity index (χ1n) is 6.85. The number of amides is 2. The molecule has 5 nitrogen and oxygen atoms in total. The lowest BCUT2D eigenvalue weighted by Crippen LogP contribution is -2.45. The largest absolute Gasteiger partial charge is 0.480 e. The van der Waals surface area contributed by atoms with Gasteiger partial charge in [-0.15, -0.1) is 0 Å². The number of unbranched alkanes of at least 4 members (excludes halogenated alkanes) is 1. The topological polar surface area (TPSA) is 78.4 Å². The molecule has 0 aromatic heterocycles. The lowest BCUT2D eigenvalue weighted by Gasteiger charge is -2.14. The van der Waals surface area contributed by atoms with Crippen molar-refractivity contribution in [2.75, 3.05) is 0 Å². The Kier molecular flexibility index (Phi) is 6.56. The van der Waals surface area contributed by atoms with Gasteiger partial charge in [0.2, 0.25) is 0 Å². The van der Waals surface area contributed by atoms with Gasteiger partial charge in [-0.05, 0) is 18.9 Å². The third-order valence-corrected chi connectivity index (χ3v) is 3.02. The van der Waals surface area contributed by atoms with Gasteiger partial charge in [0.1, 0.15) is 6.04 Å². The standard InChI is InChI=1S/C15H22N2O3/c1-3-4-5-13(14(18)19)17-15(20)16-10-12-8-6-11(2)7-9-12/h6-9,13H,3-5,10H2,1-2H3,(H,18,19)(H2,16,17,20). The van der Waals surface area contributed by atoms with Crippen molar-refractivity contribution >= 4 is 12.0 Å². The van der Waals surface area contributed by atoms with Crippen LogP contribution in [0.5, 0.6) is 0 Å². The Balaban J connectivity index is 2.41. The van der Waals surface area contributed by atoms with Gasteiger partial charge in [-0.2, -0.15) is 0 Å². The zero-order valence-electron chi connectivity index (χ0n) is 12.0. The molecular formula is C15H22N2O3. The van der Waals surface area contributed by atoms with Gasteiger partial charge in [-0.3, -0.25) is 0 Å². The van der Waals surface area contributed by atoms with Crippen LogP contribution in [0.2, 0.25) is 0 Å². The number of nitrogens with one attached hydrogen (secondary N) is 2. The van der Waals surface area contributed by atoms with Gasteiger partial charge < -0.3 is 15.7 Å². The molecule has 1 atom stereocenters. The van der Waals surface area contributed by atoms with Crippen LogP contribution in [0, 0.1) is 6.92 Å². The van der Waals surface area contributed by atoms with Gasteiger partial charge >= 0.3 is 12.0 Å². The predicted molar refractivity (Wildman–Crippen MR) is 77.5 cm³/mol. The average Bonchev–Trinajstić information content (AvgIpc) is 2.42. The van der Waals surface area contributed by atoms with Gasteiger partial charge in [0.25, 0.3) is 0 Å². The second-order valence-electron chi connectivity index (χ2n) is 4.85. The summed E-state index contributed by atoms with van der Waals surface area (Å²) in [6, 6.07) is 6.52. The van der Waals surface area contributed by atoms with Gasteiger partial charge in [0.05, 0.1) is 0 Å². The predicted octanol–water partition coefficient (Wildman–Crippen LogP) is 2.44. The molecule has 0 aliphatic heterocycles. The maximum atomic E-state index is 11.7. The summed E-state index contributed by atoms with van der Waals surface area (Å²) in [6.07, 6.45) is 2.12. The summed E-state index contributed by atoms with van der Waals surface area (Å²) < 4.78 is 0. The van der Waals surface area contributed by atoms with Crippen LogP contribution in [0.4, 0.5) is 4.79 Å². The maximum absolute atomic E-state index is 11.7. The second kappa shape index (κ2) is 8.19. The van der Waals surface area contributed by atoms with Crippen molar-refractivity contribution in [3.63, 3.8) is 0 Å². The first kappa shape index (κ1) is 16.0. The number of benzene rings is 1. The van der Waals surface area contributed by atoms with Crippen molar-refractivity contribution in [2.24, 2.45) is 0 Å². The number of aliphatic carboxylic acids is 1. The normalized spacial score (nSPS) is 11.7. The monoisotopic (exact) mass is 278 g/mol. The van der Waals surface area contributed by atoms with E-state index < -0.39 is 18.0 Å². The van der Waals surface area contributed by atoms with Crippen LogP contribution < -0.4 is 10.6 Å². The zero-order valence-corrected chi connectivity index (χ0v) is 12.0. The molecule has 5 heteroatoms. The van der Waals surface area contributed by atoms with Gasteiger partial charge in [0.15, 0.2) is 0 Å². The molecule has 0 aliphatic carbocycles. The SMILES string of the molecule is CCCCC(NC(=O)NCc1ccc(C)cc1)C(=O)O. The lowest BCUT2D eigenvalue weighted by atomic mass is 10.1. The third-order valence-electron chi connectivity index (χ3n) is 3.02. The minimum atomic E-state index is -0.996. The molecule has 2 amide bonds. The van der Waals surface area contributed by atoms with E-state index in [0.717, 1.165) is 24.0 Å². The fourth-order valence-electron chi connectivity index (χ4n) is 1.76. The maximum Gasteiger partial charge on any atom is 0.326 e. The van der Waals surface area contributed by atoms with Crippen LogP contribution >= 0.6 is 0 Å². The van der Waals surface area contributed by atoms with Crippen LogP contribution in [-0.4, -0.2) is 23.1 Å². The Bertz CT molecular complexity index is 443. The molecule has 1 aromatic rings. The molecule has 3 N–H and O–H groups in total. The number of rotatable bonds is 7.